The third-order valence-corrected chi connectivity index (χ3v) is 4.26. The number of nitrogens with zero attached hydrogens (tertiary/aromatic N) is 1. The fourth-order valence-corrected chi connectivity index (χ4v) is 2.65. The molecule has 1 atom stereocenters. The van der Waals surface area contributed by atoms with Gasteiger partial charge in [-0.3, -0.25) is 0 Å². The lowest BCUT2D eigenvalue weighted by Crippen LogP contribution is -3.00. The van der Waals surface area contributed by atoms with E-state index in [-0.39, 0.29) is 18.6 Å². The molecule has 0 amide bonds. The molecule has 0 aliphatic carbocycles. The Hall–Kier alpha value is 0.210. The molecular weight excluding hydrogens is 270 g/mol. The summed E-state index contributed by atoms with van der Waals surface area (Å²) < 4.78 is 0.757. The van der Waals surface area contributed by atoms with Crippen LogP contribution in [0.3, 0.4) is 0 Å². The second-order valence-corrected chi connectivity index (χ2v) is 6.57. The normalized spacial score (nSPS) is 13.1. The first-order valence-electron chi connectivity index (χ1n) is 8.55. The molecule has 0 saturated heterocycles. The molecule has 0 aromatic carbocycles. The maximum atomic E-state index is 9.90. The van der Waals surface area contributed by atoms with E-state index >= 15 is 0 Å². The van der Waals surface area contributed by atoms with Crippen molar-refractivity contribution in [2.24, 2.45) is 0 Å². The van der Waals surface area contributed by atoms with Crippen molar-refractivity contribution in [3.8, 4) is 0 Å². The maximum Gasteiger partial charge on any atom is 0.189 e. The van der Waals surface area contributed by atoms with Crippen molar-refractivity contribution in [2.45, 2.75) is 90.7 Å². The van der Waals surface area contributed by atoms with Crippen LogP contribution in [0.25, 0.3) is 0 Å². The van der Waals surface area contributed by atoms with Gasteiger partial charge in [0.05, 0.1) is 20.6 Å². The monoisotopic (exact) mass is 307 g/mol. The van der Waals surface area contributed by atoms with Crippen LogP contribution in [0.15, 0.2) is 0 Å². The number of quaternary nitrogens is 1. The molecule has 1 unspecified atom stereocenters. The highest BCUT2D eigenvalue weighted by molar-refractivity contribution is 4.48. The highest BCUT2D eigenvalue weighted by Crippen LogP contribution is 2.13. The summed E-state index contributed by atoms with van der Waals surface area (Å²) in [5.74, 6) is 0. The molecule has 20 heavy (non-hydrogen) atoms. The van der Waals surface area contributed by atoms with Crippen LogP contribution in [0.5, 0.6) is 0 Å². The Morgan fingerprint density at radius 3 is 1.55 bits per heavy atom. The Morgan fingerprint density at radius 2 is 1.15 bits per heavy atom. The van der Waals surface area contributed by atoms with Gasteiger partial charge in [-0.25, -0.2) is 0 Å². The first-order chi connectivity index (χ1) is 9.04. The summed E-state index contributed by atoms with van der Waals surface area (Å²) in [6, 6.07) is 0. The first kappa shape index (κ1) is 22.5. The van der Waals surface area contributed by atoms with E-state index in [1.165, 1.54) is 64.2 Å². The zero-order valence-corrected chi connectivity index (χ0v) is 15.1. The molecule has 0 aromatic heterocycles. The largest absolute Gasteiger partial charge is 1.00 e. The van der Waals surface area contributed by atoms with Crippen LogP contribution in [0.2, 0.25) is 0 Å². The van der Waals surface area contributed by atoms with Crippen molar-refractivity contribution in [1.29, 1.82) is 0 Å². The number of halogens is 1. The molecule has 0 aromatic rings. The fourth-order valence-electron chi connectivity index (χ4n) is 2.65. The van der Waals surface area contributed by atoms with Gasteiger partial charge in [0.1, 0.15) is 0 Å². The van der Waals surface area contributed by atoms with Crippen LogP contribution in [0.1, 0.15) is 84.5 Å². The van der Waals surface area contributed by atoms with Crippen molar-refractivity contribution in [2.75, 3.05) is 20.6 Å². The summed E-state index contributed by atoms with van der Waals surface area (Å²) in [6.45, 7) is 5.43. The molecule has 0 aliphatic heterocycles. The molecule has 0 fully saturated rings. The van der Waals surface area contributed by atoms with Gasteiger partial charge in [-0.2, -0.15) is 0 Å². The standard InChI is InChI=1S/C17H38NO.ClH/c1-5-7-8-9-10-11-12-13-14-15-16-18(3,4)17(19)6-2;/h17,19H,5-16H2,1-4H3;1H/q+1;/p-1. The molecule has 0 radical (unpaired) electrons. The molecule has 1 N–H and O–H groups in total. The second kappa shape index (κ2) is 14.2. The Bertz CT molecular complexity index is 197. The summed E-state index contributed by atoms with van der Waals surface area (Å²) >= 11 is 0. The van der Waals surface area contributed by atoms with E-state index in [1.807, 2.05) is 0 Å². The van der Waals surface area contributed by atoms with Gasteiger partial charge in [-0.15, -0.1) is 0 Å². The van der Waals surface area contributed by atoms with Crippen molar-refractivity contribution in [3.63, 3.8) is 0 Å². The predicted molar refractivity (Wildman–Crippen MR) is 85.1 cm³/mol. The minimum Gasteiger partial charge on any atom is -1.00 e. The topological polar surface area (TPSA) is 20.2 Å². The minimum absolute atomic E-state index is 0. The van der Waals surface area contributed by atoms with E-state index in [2.05, 4.69) is 27.9 Å². The van der Waals surface area contributed by atoms with Gasteiger partial charge < -0.3 is 22.0 Å². The molecule has 2 nitrogen and oxygen atoms in total. The van der Waals surface area contributed by atoms with Crippen molar-refractivity contribution < 1.29 is 22.0 Å². The van der Waals surface area contributed by atoms with E-state index in [0.717, 1.165) is 17.4 Å². The molecule has 0 rings (SSSR count). The van der Waals surface area contributed by atoms with Crippen molar-refractivity contribution >= 4 is 0 Å². The zero-order valence-electron chi connectivity index (χ0n) is 14.3. The van der Waals surface area contributed by atoms with Crippen LogP contribution < -0.4 is 12.4 Å². The van der Waals surface area contributed by atoms with Crippen LogP contribution in [0, 0.1) is 0 Å². The average molecular weight is 308 g/mol. The first-order valence-corrected chi connectivity index (χ1v) is 8.55. The molecule has 0 saturated carbocycles. The van der Waals surface area contributed by atoms with Gasteiger partial charge in [-0.1, -0.05) is 65.2 Å². The van der Waals surface area contributed by atoms with E-state index in [4.69, 9.17) is 0 Å². The molecule has 3 heteroatoms. The van der Waals surface area contributed by atoms with Gasteiger partial charge in [0.25, 0.3) is 0 Å². The highest BCUT2D eigenvalue weighted by atomic mass is 35.5. The van der Waals surface area contributed by atoms with E-state index in [0.29, 0.717) is 0 Å². The van der Waals surface area contributed by atoms with Gasteiger partial charge in [-0.05, 0) is 12.8 Å². The highest BCUT2D eigenvalue weighted by Gasteiger charge is 2.22. The quantitative estimate of drug-likeness (QED) is 0.312. The lowest BCUT2D eigenvalue weighted by molar-refractivity contribution is -0.937. The second-order valence-electron chi connectivity index (χ2n) is 6.57. The van der Waals surface area contributed by atoms with Crippen molar-refractivity contribution in [3.05, 3.63) is 0 Å². The summed E-state index contributed by atoms with van der Waals surface area (Å²) in [6.07, 6.45) is 14.5. The van der Waals surface area contributed by atoms with Gasteiger partial charge in [0, 0.05) is 6.42 Å². The molecule has 124 valence electrons. The predicted octanol–water partition coefficient (Wildman–Crippen LogP) is 1.72. The Labute approximate surface area is 133 Å². The SMILES string of the molecule is CCCCCCCCCCCC[N+](C)(C)C(O)CC.[Cl-]. The number of hydrogen-bond donors (Lipinski definition) is 1. The Balaban J connectivity index is 0. The van der Waals surface area contributed by atoms with E-state index < -0.39 is 0 Å². The lowest BCUT2D eigenvalue weighted by Gasteiger charge is -2.34. The summed E-state index contributed by atoms with van der Waals surface area (Å²) in [5, 5.41) is 9.90. The number of aliphatic hydroxyl groups excluding tert-OH is 1. The van der Waals surface area contributed by atoms with Gasteiger partial charge in [0.15, 0.2) is 6.23 Å². The molecule has 0 heterocycles. The smallest absolute Gasteiger partial charge is 0.189 e. The van der Waals surface area contributed by atoms with Crippen LogP contribution in [0.4, 0.5) is 0 Å². The number of hydrogen-bond acceptors (Lipinski definition) is 1. The van der Waals surface area contributed by atoms with Crippen LogP contribution in [-0.4, -0.2) is 36.5 Å². The Kier molecular flexibility index (Phi) is 15.9. The van der Waals surface area contributed by atoms with E-state index in [1.54, 1.807) is 0 Å². The summed E-state index contributed by atoms with van der Waals surface area (Å²) in [5.41, 5.74) is 0. The molecule has 0 spiro atoms. The Morgan fingerprint density at radius 1 is 0.750 bits per heavy atom. The van der Waals surface area contributed by atoms with Crippen LogP contribution in [-0.2, 0) is 0 Å². The number of aliphatic hydroxyl groups is 1. The number of rotatable bonds is 13. The van der Waals surface area contributed by atoms with Crippen molar-refractivity contribution in [1.82, 2.24) is 0 Å². The fraction of sp³-hybridized carbons (Fsp3) is 1.00. The average Bonchev–Trinajstić information content (AvgIpc) is 2.39. The van der Waals surface area contributed by atoms with Crippen LogP contribution >= 0.6 is 0 Å². The van der Waals surface area contributed by atoms with Gasteiger partial charge >= 0.3 is 0 Å². The molecule has 0 bridgehead atoms. The third kappa shape index (κ3) is 12.0. The number of unbranched alkanes of at least 4 members (excludes halogenated alkanes) is 9. The van der Waals surface area contributed by atoms with Gasteiger partial charge in [0.2, 0.25) is 0 Å². The molecular formula is C17H38ClNO. The zero-order chi connectivity index (χ0) is 14.6. The lowest BCUT2D eigenvalue weighted by atomic mass is 10.1. The third-order valence-electron chi connectivity index (χ3n) is 4.26. The summed E-state index contributed by atoms with van der Waals surface area (Å²) in [7, 11) is 4.28. The molecule has 0 aliphatic rings. The van der Waals surface area contributed by atoms with E-state index in [9.17, 15) is 5.11 Å². The maximum absolute atomic E-state index is 9.90. The minimum atomic E-state index is -0.196. The summed E-state index contributed by atoms with van der Waals surface area (Å²) in [4.78, 5) is 0.